The van der Waals surface area contributed by atoms with Crippen LogP contribution in [0.25, 0.3) is 0 Å². The van der Waals surface area contributed by atoms with E-state index in [9.17, 15) is 5.11 Å². The molecule has 0 spiro atoms. The van der Waals surface area contributed by atoms with Crippen LogP contribution in [0.4, 0.5) is 6.01 Å². The van der Waals surface area contributed by atoms with Crippen molar-refractivity contribution in [2.24, 2.45) is 0 Å². The van der Waals surface area contributed by atoms with Crippen LogP contribution in [0.1, 0.15) is 18.2 Å². The Morgan fingerprint density at radius 1 is 1.62 bits per heavy atom. The number of rotatable bonds is 3. The second kappa shape index (κ2) is 4.99. The van der Waals surface area contributed by atoms with E-state index < -0.39 is 0 Å². The molecule has 1 aliphatic rings. The lowest BCUT2D eigenvalue weighted by Gasteiger charge is -2.32. The van der Waals surface area contributed by atoms with Crippen molar-refractivity contribution in [1.82, 2.24) is 10.2 Å². The Morgan fingerprint density at radius 3 is 3.06 bits per heavy atom. The zero-order valence-electron chi connectivity index (χ0n) is 8.97. The van der Waals surface area contributed by atoms with Crippen LogP contribution < -0.4 is 4.90 Å². The fourth-order valence-electron chi connectivity index (χ4n) is 1.56. The van der Waals surface area contributed by atoms with Crippen molar-refractivity contribution in [2.75, 3.05) is 31.3 Å². The minimum Gasteiger partial charge on any atom is -0.406 e. The highest BCUT2D eigenvalue weighted by Gasteiger charge is 2.27. The van der Waals surface area contributed by atoms with E-state index in [0.29, 0.717) is 31.7 Å². The maximum absolute atomic E-state index is 9.20. The van der Waals surface area contributed by atoms with E-state index in [4.69, 9.17) is 20.8 Å². The van der Waals surface area contributed by atoms with Crippen molar-refractivity contribution in [1.29, 1.82) is 0 Å². The largest absolute Gasteiger partial charge is 0.406 e. The van der Waals surface area contributed by atoms with Crippen molar-refractivity contribution in [2.45, 2.75) is 18.3 Å². The SMILES string of the molecule is CC(Cl)c1nnc(N2CCOCC2CO)o1. The van der Waals surface area contributed by atoms with E-state index in [1.54, 1.807) is 6.92 Å². The second-order valence-corrected chi connectivity index (χ2v) is 4.30. The zero-order chi connectivity index (χ0) is 11.5. The molecule has 2 unspecified atom stereocenters. The van der Waals surface area contributed by atoms with Crippen LogP contribution in [0.3, 0.4) is 0 Å². The summed E-state index contributed by atoms with van der Waals surface area (Å²) in [5.41, 5.74) is 0. The molecule has 1 saturated heterocycles. The van der Waals surface area contributed by atoms with Gasteiger partial charge in [-0.05, 0) is 6.92 Å². The molecule has 2 heterocycles. The average molecular weight is 248 g/mol. The Balaban J connectivity index is 2.14. The first-order chi connectivity index (χ1) is 7.72. The number of alkyl halides is 1. The number of aliphatic hydroxyl groups is 1. The lowest BCUT2D eigenvalue weighted by molar-refractivity contribution is 0.0697. The van der Waals surface area contributed by atoms with Crippen molar-refractivity contribution < 1.29 is 14.3 Å². The summed E-state index contributed by atoms with van der Waals surface area (Å²) in [6.45, 7) is 3.44. The van der Waals surface area contributed by atoms with Gasteiger partial charge in [-0.15, -0.1) is 16.7 Å². The summed E-state index contributed by atoms with van der Waals surface area (Å²) >= 11 is 5.84. The second-order valence-electron chi connectivity index (χ2n) is 3.64. The summed E-state index contributed by atoms with van der Waals surface area (Å²) in [4.78, 5) is 1.85. The summed E-state index contributed by atoms with van der Waals surface area (Å²) < 4.78 is 10.7. The van der Waals surface area contributed by atoms with Gasteiger partial charge in [-0.2, -0.15) is 0 Å². The molecule has 1 aromatic heterocycles. The first-order valence-corrected chi connectivity index (χ1v) is 5.58. The molecule has 0 bridgehead atoms. The highest BCUT2D eigenvalue weighted by atomic mass is 35.5. The lowest BCUT2D eigenvalue weighted by atomic mass is 10.2. The van der Waals surface area contributed by atoms with Crippen LogP contribution in [0.15, 0.2) is 4.42 Å². The topological polar surface area (TPSA) is 71.6 Å². The number of hydrogen-bond acceptors (Lipinski definition) is 6. The molecule has 1 aromatic rings. The first-order valence-electron chi connectivity index (χ1n) is 5.15. The fourth-order valence-corrected chi connectivity index (χ4v) is 1.65. The van der Waals surface area contributed by atoms with Crippen LogP contribution >= 0.6 is 11.6 Å². The first kappa shape index (κ1) is 11.6. The molecule has 90 valence electrons. The molecular weight excluding hydrogens is 234 g/mol. The number of aliphatic hydroxyl groups excluding tert-OH is 1. The number of morpholine rings is 1. The summed E-state index contributed by atoms with van der Waals surface area (Å²) in [5, 5.41) is 16.7. The predicted molar refractivity (Wildman–Crippen MR) is 57.6 cm³/mol. The molecule has 6 nitrogen and oxygen atoms in total. The van der Waals surface area contributed by atoms with Crippen LogP contribution in [0, 0.1) is 0 Å². The van der Waals surface area contributed by atoms with Gasteiger partial charge in [0.05, 0.1) is 25.9 Å². The van der Waals surface area contributed by atoms with Crippen molar-refractivity contribution in [3.05, 3.63) is 5.89 Å². The third kappa shape index (κ3) is 2.28. The molecule has 0 saturated carbocycles. The highest BCUT2D eigenvalue weighted by molar-refractivity contribution is 6.20. The van der Waals surface area contributed by atoms with Gasteiger partial charge in [0, 0.05) is 6.54 Å². The molecule has 16 heavy (non-hydrogen) atoms. The van der Waals surface area contributed by atoms with Gasteiger partial charge in [-0.1, -0.05) is 5.10 Å². The van der Waals surface area contributed by atoms with Gasteiger partial charge in [-0.3, -0.25) is 0 Å². The van der Waals surface area contributed by atoms with E-state index in [2.05, 4.69) is 10.2 Å². The Bertz CT molecular complexity index is 344. The minimum atomic E-state index is -0.310. The van der Waals surface area contributed by atoms with Gasteiger partial charge >= 0.3 is 6.01 Å². The highest BCUT2D eigenvalue weighted by Crippen LogP contribution is 2.23. The number of halogens is 1. The van der Waals surface area contributed by atoms with Crippen LogP contribution in [0.5, 0.6) is 0 Å². The van der Waals surface area contributed by atoms with Gasteiger partial charge in [0.2, 0.25) is 5.89 Å². The molecule has 2 atom stereocenters. The number of anilines is 1. The van der Waals surface area contributed by atoms with Gasteiger partial charge in [0.25, 0.3) is 0 Å². The third-order valence-corrected chi connectivity index (χ3v) is 2.64. The Kier molecular flexibility index (Phi) is 3.63. The van der Waals surface area contributed by atoms with E-state index in [0.717, 1.165) is 0 Å². The summed E-state index contributed by atoms with van der Waals surface area (Å²) in [5.74, 6) is 0.389. The van der Waals surface area contributed by atoms with E-state index >= 15 is 0 Å². The van der Waals surface area contributed by atoms with Crippen molar-refractivity contribution in [3.63, 3.8) is 0 Å². The molecular formula is C9H14ClN3O3. The van der Waals surface area contributed by atoms with Gasteiger partial charge in [0.1, 0.15) is 5.38 Å². The molecule has 1 N–H and O–H groups in total. The van der Waals surface area contributed by atoms with E-state index in [1.165, 1.54) is 0 Å². The standard InChI is InChI=1S/C9H14ClN3O3/c1-6(10)8-11-12-9(16-8)13-2-3-15-5-7(13)4-14/h6-7,14H,2-5H2,1H3. The molecule has 0 radical (unpaired) electrons. The maximum Gasteiger partial charge on any atom is 0.318 e. The third-order valence-electron chi connectivity index (χ3n) is 2.45. The summed E-state index contributed by atoms with van der Waals surface area (Å²) in [6.07, 6.45) is 0. The molecule has 0 aliphatic carbocycles. The number of nitrogens with zero attached hydrogens (tertiary/aromatic N) is 3. The summed E-state index contributed by atoms with van der Waals surface area (Å²) in [6, 6.07) is 0.262. The zero-order valence-corrected chi connectivity index (χ0v) is 9.72. The monoisotopic (exact) mass is 247 g/mol. The van der Waals surface area contributed by atoms with Gasteiger partial charge in [-0.25, -0.2) is 0 Å². The molecule has 7 heteroatoms. The lowest BCUT2D eigenvalue weighted by Crippen LogP contribution is -2.47. The number of hydrogen-bond donors (Lipinski definition) is 1. The number of ether oxygens (including phenoxy) is 1. The van der Waals surface area contributed by atoms with Crippen LogP contribution in [-0.2, 0) is 4.74 Å². The molecule has 0 aromatic carbocycles. The predicted octanol–water partition coefficient (Wildman–Crippen LogP) is 0.567. The van der Waals surface area contributed by atoms with Gasteiger partial charge < -0.3 is 19.2 Å². The van der Waals surface area contributed by atoms with Crippen LogP contribution in [0.2, 0.25) is 0 Å². The molecule has 1 fully saturated rings. The molecule has 1 aliphatic heterocycles. The Labute approximate surface area is 98.2 Å². The minimum absolute atomic E-state index is 0.00581. The Hall–Kier alpha value is -0.850. The fraction of sp³-hybridized carbons (Fsp3) is 0.778. The Morgan fingerprint density at radius 2 is 2.44 bits per heavy atom. The van der Waals surface area contributed by atoms with E-state index in [1.807, 2.05) is 4.90 Å². The smallest absolute Gasteiger partial charge is 0.318 e. The quantitative estimate of drug-likeness (QED) is 0.788. The van der Waals surface area contributed by atoms with Crippen molar-refractivity contribution in [3.8, 4) is 0 Å². The molecule has 2 rings (SSSR count). The molecule has 0 amide bonds. The van der Waals surface area contributed by atoms with E-state index in [-0.39, 0.29) is 18.0 Å². The average Bonchev–Trinajstić information content (AvgIpc) is 2.78. The normalized spacial score (nSPS) is 23.4. The van der Waals surface area contributed by atoms with Gasteiger partial charge in [0.15, 0.2) is 0 Å². The van der Waals surface area contributed by atoms with Crippen LogP contribution in [-0.4, -0.2) is 47.7 Å². The summed E-state index contributed by atoms with van der Waals surface area (Å²) in [7, 11) is 0. The van der Waals surface area contributed by atoms with Crippen molar-refractivity contribution >= 4 is 17.6 Å². The maximum atomic E-state index is 9.20. The number of aromatic nitrogens is 2.